The van der Waals surface area contributed by atoms with Crippen molar-refractivity contribution in [2.24, 2.45) is 5.14 Å². The summed E-state index contributed by atoms with van der Waals surface area (Å²) in [4.78, 5) is 18.5. The minimum Gasteiger partial charge on any atom is -0.321 e. The van der Waals surface area contributed by atoms with Gasteiger partial charge in [-0.25, -0.2) is 18.5 Å². The molecule has 0 aliphatic carbocycles. The van der Waals surface area contributed by atoms with Crippen LogP contribution in [0.25, 0.3) is 10.2 Å². The molecule has 1 aliphatic rings. The largest absolute Gasteiger partial charge is 0.321 e. The van der Waals surface area contributed by atoms with Crippen LogP contribution >= 0.6 is 11.3 Å². The van der Waals surface area contributed by atoms with Crippen LogP contribution in [0.4, 0.5) is 5.69 Å². The Kier molecular flexibility index (Phi) is 5.15. The van der Waals surface area contributed by atoms with Crippen molar-refractivity contribution in [3.63, 3.8) is 0 Å². The molecule has 146 valence electrons. The highest BCUT2D eigenvalue weighted by Gasteiger charge is 2.34. The smallest absolute Gasteiger partial charge is 0.279 e. The van der Waals surface area contributed by atoms with E-state index in [-0.39, 0.29) is 16.8 Å². The fourth-order valence-electron chi connectivity index (χ4n) is 3.60. The molecule has 3 aromatic rings. The lowest BCUT2D eigenvalue weighted by molar-refractivity contribution is -0.910. The van der Waals surface area contributed by atoms with Crippen LogP contribution in [-0.4, -0.2) is 32.4 Å². The third-order valence-electron chi connectivity index (χ3n) is 4.95. The number of anilines is 1. The number of carbonyl (C=O) groups excluding carboxylic acids is 1. The van der Waals surface area contributed by atoms with E-state index in [1.165, 1.54) is 21.7 Å². The summed E-state index contributed by atoms with van der Waals surface area (Å²) in [5.41, 5.74) is 1.56. The topological polar surface area (TPSA) is 107 Å². The summed E-state index contributed by atoms with van der Waals surface area (Å²) in [7, 11) is -3.74. The number of sulfonamides is 1. The zero-order valence-corrected chi connectivity index (χ0v) is 16.7. The Labute approximate surface area is 167 Å². The van der Waals surface area contributed by atoms with E-state index in [1.807, 2.05) is 18.2 Å². The standard InChI is InChI=1S/C19H20N4O3S2/c20-28(25,26)14-9-7-13(8-10-14)21-18(24)12-23-11-3-5-16(23)19-22-15-4-1-2-6-17(15)27-19/h1-2,4,6-10,16H,3,5,11-12H2,(H,21,24)(H2,20,25,26)/p+1/t16-/m0/s1. The summed E-state index contributed by atoms with van der Waals surface area (Å²) in [6, 6.07) is 14.2. The van der Waals surface area contributed by atoms with Gasteiger partial charge in [0, 0.05) is 18.5 Å². The normalized spacial score (nSPS) is 19.8. The van der Waals surface area contributed by atoms with Gasteiger partial charge >= 0.3 is 0 Å². The Balaban J connectivity index is 1.43. The number of aromatic nitrogens is 1. The lowest BCUT2D eigenvalue weighted by Crippen LogP contribution is -3.11. The van der Waals surface area contributed by atoms with Crippen molar-refractivity contribution >= 4 is 43.2 Å². The highest BCUT2D eigenvalue weighted by Crippen LogP contribution is 2.28. The van der Waals surface area contributed by atoms with Crippen LogP contribution in [0, 0.1) is 0 Å². The zero-order chi connectivity index (χ0) is 19.7. The van der Waals surface area contributed by atoms with Gasteiger partial charge in [0.05, 0.1) is 21.7 Å². The van der Waals surface area contributed by atoms with Crippen LogP contribution in [0.15, 0.2) is 53.4 Å². The number of carbonyl (C=O) groups is 1. The first kappa shape index (κ1) is 19.0. The average molecular weight is 418 g/mol. The predicted molar refractivity (Wildman–Crippen MR) is 109 cm³/mol. The second-order valence-electron chi connectivity index (χ2n) is 6.92. The molecule has 4 rings (SSSR count). The highest BCUT2D eigenvalue weighted by atomic mass is 32.2. The van der Waals surface area contributed by atoms with E-state index in [2.05, 4.69) is 11.4 Å². The van der Waals surface area contributed by atoms with E-state index < -0.39 is 10.0 Å². The number of nitrogens with one attached hydrogen (secondary N) is 2. The molecule has 0 radical (unpaired) electrons. The van der Waals surface area contributed by atoms with Gasteiger partial charge < -0.3 is 10.2 Å². The molecule has 1 aliphatic heterocycles. The van der Waals surface area contributed by atoms with Gasteiger partial charge in [0.25, 0.3) is 5.91 Å². The number of nitrogens with two attached hydrogens (primary N) is 1. The summed E-state index contributed by atoms with van der Waals surface area (Å²) in [6.07, 6.45) is 2.08. The molecule has 28 heavy (non-hydrogen) atoms. The summed E-state index contributed by atoms with van der Waals surface area (Å²) in [5.74, 6) is -0.105. The van der Waals surface area contributed by atoms with Gasteiger partial charge in [-0.2, -0.15) is 0 Å². The van der Waals surface area contributed by atoms with Crippen molar-refractivity contribution < 1.29 is 18.1 Å². The Morgan fingerprint density at radius 3 is 2.68 bits per heavy atom. The number of benzene rings is 2. The van der Waals surface area contributed by atoms with Crippen molar-refractivity contribution in [1.29, 1.82) is 0 Å². The number of primary sulfonamides is 1. The maximum absolute atomic E-state index is 12.5. The molecule has 1 fully saturated rings. The summed E-state index contributed by atoms with van der Waals surface area (Å²) < 4.78 is 23.8. The second-order valence-corrected chi connectivity index (χ2v) is 9.54. The van der Waals surface area contributed by atoms with E-state index in [9.17, 15) is 13.2 Å². The Morgan fingerprint density at radius 1 is 1.21 bits per heavy atom. The van der Waals surface area contributed by atoms with Crippen molar-refractivity contribution in [1.82, 2.24) is 4.98 Å². The van der Waals surface area contributed by atoms with Crippen molar-refractivity contribution in [3.8, 4) is 0 Å². The molecule has 0 bridgehead atoms. The Hall–Kier alpha value is -2.33. The molecule has 1 aromatic heterocycles. The molecule has 9 heteroatoms. The van der Waals surface area contributed by atoms with Crippen molar-refractivity contribution in [2.45, 2.75) is 23.8 Å². The minimum atomic E-state index is -3.74. The third-order valence-corrected chi connectivity index (χ3v) is 7.03. The van der Waals surface area contributed by atoms with Crippen molar-refractivity contribution in [2.75, 3.05) is 18.4 Å². The number of thiazole rings is 1. The van der Waals surface area contributed by atoms with Crippen LogP contribution in [0.1, 0.15) is 23.9 Å². The number of rotatable bonds is 5. The number of nitrogens with zero attached hydrogens (tertiary/aromatic N) is 1. The molecule has 2 atom stereocenters. The molecule has 2 aromatic carbocycles. The second kappa shape index (κ2) is 7.59. The molecule has 1 amide bonds. The van der Waals surface area contributed by atoms with E-state index >= 15 is 0 Å². The SMILES string of the molecule is NS(=O)(=O)c1ccc(NC(=O)C[NH+]2CCC[C@H]2c2nc3ccccc3s2)cc1. The van der Waals surface area contributed by atoms with E-state index in [0.717, 1.165) is 29.9 Å². The molecule has 0 spiro atoms. The quantitative estimate of drug-likeness (QED) is 0.582. The van der Waals surface area contributed by atoms with Gasteiger partial charge in [0.1, 0.15) is 6.04 Å². The lowest BCUT2D eigenvalue weighted by atomic mass is 10.2. The Bertz CT molecular complexity index is 1080. The van der Waals surface area contributed by atoms with Gasteiger partial charge in [-0.05, 0) is 36.4 Å². The maximum atomic E-state index is 12.5. The van der Waals surface area contributed by atoms with Crippen LogP contribution in [0.3, 0.4) is 0 Å². The summed E-state index contributed by atoms with van der Waals surface area (Å²) >= 11 is 1.70. The van der Waals surface area contributed by atoms with Gasteiger partial charge in [-0.3, -0.25) is 4.79 Å². The number of fused-ring (bicyclic) bond motifs is 1. The van der Waals surface area contributed by atoms with Gasteiger partial charge in [0.15, 0.2) is 11.6 Å². The number of amides is 1. The van der Waals surface area contributed by atoms with Crippen LogP contribution in [-0.2, 0) is 14.8 Å². The zero-order valence-electron chi connectivity index (χ0n) is 15.1. The summed E-state index contributed by atoms with van der Waals surface area (Å²) in [6.45, 7) is 1.27. The molecule has 1 unspecified atom stereocenters. The molecule has 4 N–H and O–H groups in total. The molecule has 0 saturated carbocycles. The Morgan fingerprint density at radius 2 is 1.96 bits per heavy atom. The van der Waals surface area contributed by atoms with E-state index in [4.69, 9.17) is 10.1 Å². The highest BCUT2D eigenvalue weighted by molar-refractivity contribution is 7.89. The van der Waals surface area contributed by atoms with Crippen LogP contribution in [0.2, 0.25) is 0 Å². The van der Waals surface area contributed by atoms with Crippen molar-refractivity contribution in [3.05, 3.63) is 53.5 Å². The first-order valence-electron chi connectivity index (χ1n) is 9.03. The predicted octanol–water partition coefficient (Wildman–Crippen LogP) is 1.30. The maximum Gasteiger partial charge on any atom is 0.279 e. The minimum absolute atomic E-state index is 0.0200. The summed E-state index contributed by atoms with van der Waals surface area (Å²) in [5, 5.41) is 9.01. The molecule has 1 saturated heterocycles. The van der Waals surface area contributed by atoms with Gasteiger partial charge in [0.2, 0.25) is 10.0 Å². The fraction of sp³-hybridized carbons (Fsp3) is 0.263. The molecular formula is C19H21N4O3S2+. The molecule has 2 heterocycles. The molecular weight excluding hydrogens is 396 g/mol. The lowest BCUT2D eigenvalue weighted by Gasteiger charge is -2.19. The van der Waals surface area contributed by atoms with Gasteiger partial charge in [-0.15, -0.1) is 11.3 Å². The number of quaternary nitrogens is 1. The van der Waals surface area contributed by atoms with E-state index in [0.29, 0.717) is 12.2 Å². The number of likely N-dealkylation sites (tertiary alicyclic amines) is 1. The number of para-hydroxylation sites is 1. The monoisotopic (exact) mass is 417 g/mol. The first-order chi connectivity index (χ1) is 13.4. The third kappa shape index (κ3) is 4.07. The van der Waals surface area contributed by atoms with Crippen LogP contribution in [0.5, 0.6) is 0 Å². The molecule has 7 nitrogen and oxygen atoms in total. The van der Waals surface area contributed by atoms with E-state index in [1.54, 1.807) is 23.5 Å². The number of hydrogen-bond donors (Lipinski definition) is 3. The van der Waals surface area contributed by atoms with Crippen LogP contribution < -0.4 is 15.4 Å². The average Bonchev–Trinajstić information content (AvgIpc) is 3.27. The number of hydrogen-bond acceptors (Lipinski definition) is 5. The van der Waals surface area contributed by atoms with Gasteiger partial charge in [-0.1, -0.05) is 12.1 Å². The fourth-order valence-corrected chi connectivity index (χ4v) is 5.28. The first-order valence-corrected chi connectivity index (χ1v) is 11.4.